The average Bonchev–Trinajstić information content (AvgIpc) is 1.98. The summed E-state index contributed by atoms with van der Waals surface area (Å²) in [5.74, 6) is -0.171. The molecule has 70 valence electrons. The highest BCUT2D eigenvalue weighted by Crippen LogP contribution is 2.11. The first kappa shape index (κ1) is 11.1. The van der Waals surface area contributed by atoms with E-state index < -0.39 is 6.04 Å². The predicted molar refractivity (Wildman–Crippen MR) is 45.5 cm³/mol. The fourth-order valence-corrected chi connectivity index (χ4v) is 0.976. The molecule has 0 amide bonds. The van der Waals surface area contributed by atoms with Crippen molar-refractivity contribution in [1.82, 2.24) is 0 Å². The Kier molecular flexibility index (Phi) is 4.47. The van der Waals surface area contributed by atoms with Gasteiger partial charge < -0.3 is 0 Å². The van der Waals surface area contributed by atoms with E-state index in [-0.39, 0.29) is 16.6 Å². The van der Waals surface area contributed by atoms with Gasteiger partial charge in [0.15, 0.2) is 0 Å². The molecule has 0 aromatic rings. The Bertz CT molecular complexity index is 179. The average molecular weight is 173 g/mol. The molecule has 0 bridgehead atoms. The highest BCUT2D eigenvalue weighted by atomic mass is 16.6. The zero-order valence-electron chi connectivity index (χ0n) is 7.74. The molecule has 0 aliphatic rings. The lowest BCUT2D eigenvalue weighted by Crippen LogP contribution is -2.23. The molecule has 0 N–H and O–H groups in total. The van der Waals surface area contributed by atoms with Gasteiger partial charge in [0.05, 0.1) is 0 Å². The lowest BCUT2D eigenvalue weighted by molar-refractivity contribution is -0.524. The zero-order chi connectivity index (χ0) is 9.72. The number of nitro groups is 1. The van der Waals surface area contributed by atoms with Crippen molar-refractivity contribution >= 4 is 5.78 Å². The lowest BCUT2D eigenvalue weighted by atomic mass is 9.97. The van der Waals surface area contributed by atoms with Crippen molar-refractivity contribution in [2.24, 2.45) is 5.92 Å². The Labute approximate surface area is 72.1 Å². The second-order valence-corrected chi connectivity index (χ2v) is 3.09. The van der Waals surface area contributed by atoms with Gasteiger partial charge in [-0.25, -0.2) is 0 Å². The first-order valence-corrected chi connectivity index (χ1v) is 4.13. The summed E-state index contributed by atoms with van der Waals surface area (Å²) in [4.78, 5) is 20.9. The van der Waals surface area contributed by atoms with Crippen molar-refractivity contribution in [2.75, 3.05) is 0 Å². The Balaban J connectivity index is 4.02. The van der Waals surface area contributed by atoms with Crippen LogP contribution in [0.4, 0.5) is 0 Å². The van der Waals surface area contributed by atoms with Crippen molar-refractivity contribution in [3.8, 4) is 0 Å². The minimum absolute atomic E-state index is 0.0234. The number of nitrogens with zero attached hydrogens (tertiary/aromatic N) is 1. The van der Waals surface area contributed by atoms with Crippen LogP contribution < -0.4 is 0 Å². The van der Waals surface area contributed by atoms with Gasteiger partial charge in [-0.3, -0.25) is 14.9 Å². The van der Waals surface area contributed by atoms with E-state index in [1.165, 1.54) is 6.92 Å². The molecule has 0 saturated heterocycles. The first-order valence-electron chi connectivity index (χ1n) is 4.13. The van der Waals surface area contributed by atoms with Gasteiger partial charge in [0.1, 0.15) is 5.78 Å². The molecule has 0 spiro atoms. The molecule has 0 rings (SSSR count). The SMILES string of the molecule is CCC(CC(C)C(C)=O)[N+](=O)[O-]. The number of rotatable bonds is 5. The molecule has 2 unspecified atom stereocenters. The molecule has 0 aliphatic carbocycles. The monoisotopic (exact) mass is 173 g/mol. The number of carbonyl (C=O) groups is 1. The molecular weight excluding hydrogens is 158 g/mol. The highest BCUT2D eigenvalue weighted by molar-refractivity contribution is 5.77. The summed E-state index contributed by atoms with van der Waals surface area (Å²) in [5.41, 5.74) is 0. The summed E-state index contributed by atoms with van der Waals surface area (Å²) in [6.07, 6.45) is 0.851. The molecule has 0 aliphatic heterocycles. The highest BCUT2D eigenvalue weighted by Gasteiger charge is 2.22. The third kappa shape index (κ3) is 3.46. The van der Waals surface area contributed by atoms with E-state index in [1.807, 2.05) is 0 Å². The van der Waals surface area contributed by atoms with Crippen LogP contribution in [0.15, 0.2) is 0 Å². The summed E-state index contributed by atoms with van der Waals surface area (Å²) in [7, 11) is 0. The Morgan fingerprint density at radius 3 is 2.33 bits per heavy atom. The van der Waals surface area contributed by atoms with Crippen LogP contribution in [0.2, 0.25) is 0 Å². The maximum atomic E-state index is 10.8. The zero-order valence-corrected chi connectivity index (χ0v) is 7.74. The fourth-order valence-electron chi connectivity index (χ4n) is 0.976. The maximum absolute atomic E-state index is 10.8. The number of Topliss-reactive ketones (excluding diaryl/α,β-unsaturated/α-hetero) is 1. The van der Waals surface area contributed by atoms with Gasteiger partial charge in [0.25, 0.3) is 0 Å². The molecule has 2 atom stereocenters. The van der Waals surface area contributed by atoms with E-state index in [0.717, 1.165) is 0 Å². The number of ketones is 1. The van der Waals surface area contributed by atoms with Gasteiger partial charge in [-0.2, -0.15) is 0 Å². The van der Waals surface area contributed by atoms with E-state index in [1.54, 1.807) is 13.8 Å². The molecule has 0 saturated carbocycles. The molecule has 12 heavy (non-hydrogen) atoms. The van der Waals surface area contributed by atoms with E-state index in [9.17, 15) is 14.9 Å². The second-order valence-electron chi connectivity index (χ2n) is 3.09. The largest absolute Gasteiger partial charge is 0.300 e. The van der Waals surface area contributed by atoms with Crippen LogP contribution in [-0.2, 0) is 4.79 Å². The van der Waals surface area contributed by atoms with Gasteiger partial charge in [-0.15, -0.1) is 0 Å². The topological polar surface area (TPSA) is 60.2 Å². The third-order valence-corrected chi connectivity index (χ3v) is 2.09. The summed E-state index contributed by atoms with van der Waals surface area (Å²) < 4.78 is 0. The summed E-state index contributed by atoms with van der Waals surface area (Å²) >= 11 is 0. The molecule has 0 fully saturated rings. The Hall–Kier alpha value is -0.930. The van der Waals surface area contributed by atoms with Crippen LogP contribution in [-0.4, -0.2) is 16.7 Å². The molecule has 4 nitrogen and oxygen atoms in total. The summed E-state index contributed by atoms with van der Waals surface area (Å²) in [6.45, 7) is 4.96. The predicted octanol–water partition coefficient (Wildman–Crippen LogP) is 1.66. The van der Waals surface area contributed by atoms with Gasteiger partial charge in [-0.05, 0) is 6.92 Å². The van der Waals surface area contributed by atoms with Crippen molar-refractivity contribution < 1.29 is 9.72 Å². The minimum atomic E-state index is -0.566. The number of carbonyl (C=O) groups excluding carboxylic acids is 1. The van der Waals surface area contributed by atoms with Crippen LogP contribution in [0.1, 0.15) is 33.6 Å². The maximum Gasteiger partial charge on any atom is 0.213 e. The van der Waals surface area contributed by atoms with Crippen LogP contribution in [0, 0.1) is 16.0 Å². The van der Waals surface area contributed by atoms with Crippen molar-refractivity contribution in [1.29, 1.82) is 0 Å². The van der Waals surface area contributed by atoms with Crippen LogP contribution in [0.5, 0.6) is 0 Å². The smallest absolute Gasteiger partial charge is 0.213 e. The quantitative estimate of drug-likeness (QED) is 0.469. The Morgan fingerprint density at radius 2 is 2.08 bits per heavy atom. The van der Waals surface area contributed by atoms with Crippen molar-refractivity contribution in [3.63, 3.8) is 0 Å². The normalized spacial score (nSPS) is 15.2. The number of hydrogen-bond donors (Lipinski definition) is 0. The molecule has 4 heteroatoms. The van der Waals surface area contributed by atoms with E-state index in [4.69, 9.17) is 0 Å². The molecule has 0 aromatic carbocycles. The van der Waals surface area contributed by atoms with Crippen LogP contribution >= 0.6 is 0 Å². The van der Waals surface area contributed by atoms with Gasteiger partial charge in [0, 0.05) is 23.7 Å². The van der Waals surface area contributed by atoms with Gasteiger partial charge in [-0.1, -0.05) is 13.8 Å². The van der Waals surface area contributed by atoms with Crippen molar-refractivity contribution in [3.05, 3.63) is 10.1 Å². The molecular formula is C8H15NO3. The molecule has 0 heterocycles. The standard InChI is InChI=1S/C8H15NO3/c1-4-8(9(11)12)5-6(2)7(3)10/h6,8H,4-5H2,1-3H3. The molecule has 0 radical (unpaired) electrons. The van der Waals surface area contributed by atoms with Crippen LogP contribution in [0.3, 0.4) is 0 Å². The van der Waals surface area contributed by atoms with Gasteiger partial charge >= 0.3 is 0 Å². The van der Waals surface area contributed by atoms with E-state index in [0.29, 0.717) is 12.8 Å². The van der Waals surface area contributed by atoms with E-state index in [2.05, 4.69) is 0 Å². The first-order chi connectivity index (χ1) is 5.49. The number of hydrogen-bond acceptors (Lipinski definition) is 3. The minimum Gasteiger partial charge on any atom is -0.300 e. The molecule has 0 aromatic heterocycles. The fraction of sp³-hybridized carbons (Fsp3) is 0.875. The lowest BCUT2D eigenvalue weighted by Gasteiger charge is -2.10. The second kappa shape index (κ2) is 4.85. The van der Waals surface area contributed by atoms with Gasteiger partial charge in [0.2, 0.25) is 6.04 Å². The third-order valence-electron chi connectivity index (χ3n) is 2.09. The van der Waals surface area contributed by atoms with Crippen LogP contribution in [0.25, 0.3) is 0 Å². The summed E-state index contributed by atoms with van der Waals surface area (Å²) in [6, 6.07) is -0.566. The van der Waals surface area contributed by atoms with Crippen molar-refractivity contribution in [2.45, 2.75) is 39.7 Å². The van der Waals surface area contributed by atoms with E-state index >= 15 is 0 Å². The Morgan fingerprint density at radius 1 is 1.58 bits per heavy atom. The summed E-state index contributed by atoms with van der Waals surface area (Å²) in [5, 5.41) is 10.4.